The van der Waals surface area contributed by atoms with Gasteiger partial charge in [0, 0.05) is 37.7 Å². The fraction of sp³-hybridized carbons (Fsp3) is 0.500. The molecule has 2 heterocycles. The van der Waals surface area contributed by atoms with Crippen LogP contribution in [0.5, 0.6) is 5.75 Å². The first-order valence-electron chi connectivity index (χ1n) is 11.1. The summed E-state index contributed by atoms with van der Waals surface area (Å²) in [6, 6.07) is 10.6. The van der Waals surface area contributed by atoms with Crippen LogP contribution in [-0.2, 0) is 9.53 Å². The first-order chi connectivity index (χ1) is 15.7. The summed E-state index contributed by atoms with van der Waals surface area (Å²) in [6.07, 6.45) is 1.15. The first kappa shape index (κ1) is 25.2. The van der Waals surface area contributed by atoms with Gasteiger partial charge in [-0.3, -0.25) is 9.69 Å². The van der Waals surface area contributed by atoms with E-state index >= 15 is 0 Å². The number of hydrogen-bond donors (Lipinski definition) is 2. The minimum atomic E-state index is -0.500. The van der Waals surface area contributed by atoms with Crippen LogP contribution in [0.15, 0.2) is 42.6 Å². The van der Waals surface area contributed by atoms with Gasteiger partial charge in [0.1, 0.15) is 11.6 Å². The van der Waals surface area contributed by atoms with Crippen molar-refractivity contribution in [2.75, 3.05) is 56.2 Å². The number of β-amino-alcohol motifs (C(OH)–C–C–N with tert-alkyl or cyclic N) is 1. The van der Waals surface area contributed by atoms with E-state index in [0.29, 0.717) is 29.6 Å². The number of anilines is 2. The number of ether oxygens (including phenoxy) is 2. The van der Waals surface area contributed by atoms with Crippen LogP contribution in [0.25, 0.3) is 0 Å². The molecular weight excluding hydrogens is 444 g/mol. The maximum absolute atomic E-state index is 12.1. The Balaban J connectivity index is 1.39. The molecule has 1 fully saturated rings. The molecule has 0 saturated carbocycles. The molecule has 1 saturated heterocycles. The summed E-state index contributed by atoms with van der Waals surface area (Å²) in [4.78, 5) is 21.1. The Kier molecular flexibility index (Phi) is 8.91. The Morgan fingerprint density at radius 3 is 2.45 bits per heavy atom. The fourth-order valence-corrected chi connectivity index (χ4v) is 3.51. The normalized spacial score (nSPS) is 15.8. The van der Waals surface area contributed by atoms with E-state index in [9.17, 15) is 9.90 Å². The minimum Gasteiger partial charge on any atom is -0.484 e. The van der Waals surface area contributed by atoms with Crippen LogP contribution in [0, 0.1) is 0 Å². The second kappa shape index (κ2) is 11.7. The predicted molar refractivity (Wildman–Crippen MR) is 130 cm³/mol. The third-order valence-corrected chi connectivity index (χ3v) is 5.34. The lowest BCUT2D eigenvalue weighted by Gasteiger charge is -2.36. The molecule has 0 bridgehead atoms. The predicted octanol–water partition coefficient (Wildman–Crippen LogP) is 3.05. The Morgan fingerprint density at radius 1 is 1.15 bits per heavy atom. The summed E-state index contributed by atoms with van der Waals surface area (Å²) in [5.41, 5.74) is 0.366. The lowest BCUT2D eigenvalue weighted by molar-refractivity contribution is -0.118. The second-order valence-electron chi connectivity index (χ2n) is 9.06. The maximum Gasteiger partial charge on any atom is 0.262 e. The maximum atomic E-state index is 12.1. The molecule has 3 rings (SSSR count). The van der Waals surface area contributed by atoms with Crippen molar-refractivity contribution >= 4 is 29.0 Å². The molecule has 180 valence electrons. The third kappa shape index (κ3) is 8.81. The van der Waals surface area contributed by atoms with Crippen LogP contribution in [0.2, 0.25) is 5.02 Å². The van der Waals surface area contributed by atoms with Gasteiger partial charge in [0.2, 0.25) is 0 Å². The molecule has 1 unspecified atom stereocenters. The molecule has 0 aliphatic carbocycles. The van der Waals surface area contributed by atoms with E-state index in [1.54, 1.807) is 30.5 Å². The van der Waals surface area contributed by atoms with Crippen molar-refractivity contribution in [3.05, 3.63) is 47.6 Å². The van der Waals surface area contributed by atoms with Gasteiger partial charge < -0.3 is 24.8 Å². The molecule has 0 spiro atoms. The van der Waals surface area contributed by atoms with Crippen LogP contribution in [-0.4, -0.2) is 78.5 Å². The standard InChI is InChI=1S/C24H33ClN4O4/c1-24(2,3)33-16-20(30)15-28-10-12-29(13-11-28)22-9-6-19(14-26-22)27-23(31)17-32-21-7-4-18(25)5-8-21/h4-9,14,20,30H,10-13,15-17H2,1-3H3,(H,27,31). The van der Waals surface area contributed by atoms with Crippen LogP contribution in [0.1, 0.15) is 20.8 Å². The largest absolute Gasteiger partial charge is 0.484 e. The van der Waals surface area contributed by atoms with Gasteiger partial charge in [-0.15, -0.1) is 0 Å². The van der Waals surface area contributed by atoms with Gasteiger partial charge in [-0.2, -0.15) is 0 Å². The van der Waals surface area contributed by atoms with Crippen LogP contribution >= 0.6 is 11.6 Å². The number of carbonyl (C=O) groups excluding carboxylic acids is 1. The fourth-order valence-electron chi connectivity index (χ4n) is 3.38. The quantitative estimate of drug-likeness (QED) is 0.575. The van der Waals surface area contributed by atoms with Gasteiger partial charge in [-0.1, -0.05) is 11.6 Å². The van der Waals surface area contributed by atoms with Crippen LogP contribution in [0.3, 0.4) is 0 Å². The van der Waals surface area contributed by atoms with E-state index in [4.69, 9.17) is 21.1 Å². The number of halogens is 1. The molecule has 1 aromatic heterocycles. The van der Waals surface area contributed by atoms with Crippen molar-refractivity contribution in [3.8, 4) is 5.75 Å². The average molecular weight is 477 g/mol. The van der Waals surface area contributed by atoms with Crippen LogP contribution < -0.4 is 15.0 Å². The number of aromatic nitrogens is 1. The molecule has 33 heavy (non-hydrogen) atoms. The molecule has 2 N–H and O–H groups in total. The molecule has 8 nitrogen and oxygen atoms in total. The number of rotatable bonds is 9. The monoisotopic (exact) mass is 476 g/mol. The Bertz CT molecular complexity index is 879. The molecule has 1 atom stereocenters. The summed E-state index contributed by atoms with van der Waals surface area (Å²) in [5.74, 6) is 1.18. The summed E-state index contributed by atoms with van der Waals surface area (Å²) in [7, 11) is 0. The second-order valence-corrected chi connectivity index (χ2v) is 9.50. The topological polar surface area (TPSA) is 87.2 Å². The zero-order valence-electron chi connectivity index (χ0n) is 19.5. The van der Waals surface area contributed by atoms with Crippen molar-refractivity contribution in [3.63, 3.8) is 0 Å². The Labute approximate surface area is 200 Å². The number of benzene rings is 1. The molecule has 1 aliphatic heterocycles. The summed E-state index contributed by atoms with van der Waals surface area (Å²) in [5, 5.41) is 13.6. The number of nitrogens with zero attached hydrogens (tertiary/aromatic N) is 3. The van der Waals surface area contributed by atoms with Crippen molar-refractivity contribution in [2.24, 2.45) is 0 Å². The number of hydrogen-bond acceptors (Lipinski definition) is 7. The van der Waals surface area contributed by atoms with Crippen molar-refractivity contribution < 1.29 is 19.4 Å². The number of aliphatic hydroxyl groups is 1. The summed E-state index contributed by atoms with van der Waals surface area (Å²) < 4.78 is 11.1. The zero-order chi connectivity index (χ0) is 23.8. The first-order valence-corrected chi connectivity index (χ1v) is 11.5. The molecule has 0 radical (unpaired) electrons. The summed E-state index contributed by atoms with van der Waals surface area (Å²) >= 11 is 5.84. The van der Waals surface area contributed by atoms with Crippen molar-refractivity contribution in [2.45, 2.75) is 32.5 Å². The van der Waals surface area contributed by atoms with E-state index in [1.165, 1.54) is 0 Å². The molecule has 1 aliphatic rings. The highest BCUT2D eigenvalue weighted by Gasteiger charge is 2.21. The minimum absolute atomic E-state index is 0.0992. The number of nitrogens with one attached hydrogen (secondary N) is 1. The highest BCUT2D eigenvalue weighted by atomic mass is 35.5. The molecule has 1 aromatic carbocycles. The Morgan fingerprint density at radius 2 is 1.85 bits per heavy atom. The van der Waals surface area contributed by atoms with E-state index in [1.807, 2.05) is 32.9 Å². The number of piperazine rings is 1. The lowest BCUT2D eigenvalue weighted by atomic mass is 10.2. The van der Waals surface area contributed by atoms with Gasteiger partial charge in [0.25, 0.3) is 5.91 Å². The van der Waals surface area contributed by atoms with Gasteiger partial charge >= 0.3 is 0 Å². The van der Waals surface area contributed by atoms with E-state index in [0.717, 1.165) is 32.0 Å². The molecular formula is C24H33ClN4O4. The van der Waals surface area contributed by atoms with E-state index in [2.05, 4.69) is 20.1 Å². The van der Waals surface area contributed by atoms with E-state index < -0.39 is 6.10 Å². The lowest BCUT2D eigenvalue weighted by Crippen LogP contribution is -2.49. The van der Waals surface area contributed by atoms with Gasteiger partial charge in [-0.25, -0.2) is 4.98 Å². The molecule has 1 amide bonds. The highest BCUT2D eigenvalue weighted by Crippen LogP contribution is 2.18. The SMILES string of the molecule is CC(C)(C)OCC(O)CN1CCN(c2ccc(NC(=O)COc3ccc(Cl)cc3)cn2)CC1. The van der Waals surface area contributed by atoms with Gasteiger partial charge in [0.05, 0.1) is 30.2 Å². The van der Waals surface area contributed by atoms with Crippen molar-refractivity contribution in [1.29, 1.82) is 0 Å². The molecule has 2 aromatic rings. The molecule has 9 heteroatoms. The average Bonchev–Trinajstić information content (AvgIpc) is 2.78. The Hall–Kier alpha value is -2.39. The van der Waals surface area contributed by atoms with Crippen LogP contribution in [0.4, 0.5) is 11.5 Å². The zero-order valence-corrected chi connectivity index (χ0v) is 20.2. The third-order valence-electron chi connectivity index (χ3n) is 5.09. The number of amides is 1. The van der Waals surface area contributed by atoms with Gasteiger partial charge in [0.15, 0.2) is 6.61 Å². The van der Waals surface area contributed by atoms with E-state index in [-0.39, 0.29) is 18.1 Å². The van der Waals surface area contributed by atoms with Gasteiger partial charge in [-0.05, 0) is 57.2 Å². The number of pyridine rings is 1. The number of carbonyl (C=O) groups is 1. The smallest absolute Gasteiger partial charge is 0.262 e. The highest BCUT2D eigenvalue weighted by molar-refractivity contribution is 6.30. The van der Waals surface area contributed by atoms with Crippen molar-refractivity contribution in [1.82, 2.24) is 9.88 Å². The number of aliphatic hydroxyl groups excluding tert-OH is 1. The summed E-state index contributed by atoms with van der Waals surface area (Å²) in [6.45, 7) is 10.1.